The van der Waals surface area contributed by atoms with E-state index in [-0.39, 0.29) is 0 Å². The third-order valence-corrected chi connectivity index (χ3v) is 1.43. The topological polar surface area (TPSA) is 51.2 Å². The van der Waals surface area contributed by atoms with E-state index in [0.29, 0.717) is 17.9 Å². The number of ether oxygens (including phenoxy) is 1. The number of carbonyl (C=O) groups excluding carboxylic acids is 1. The number of nitrogens with zero attached hydrogens (tertiary/aromatic N) is 1. The van der Waals surface area contributed by atoms with Gasteiger partial charge in [0.25, 0.3) is 0 Å². The van der Waals surface area contributed by atoms with E-state index in [1.807, 2.05) is 0 Å². The van der Waals surface area contributed by atoms with Crippen LogP contribution in [-0.4, -0.2) is 17.5 Å². The van der Waals surface area contributed by atoms with E-state index in [2.05, 4.69) is 10.3 Å². The van der Waals surface area contributed by atoms with Crippen LogP contribution in [0.15, 0.2) is 18.3 Å². The highest BCUT2D eigenvalue weighted by Gasteiger charge is 2.20. The summed E-state index contributed by atoms with van der Waals surface area (Å²) in [5.74, 6) is 1.26. The normalized spacial score (nSPS) is 19.8. The molecule has 0 bridgehead atoms. The van der Waals surface area contributed by atoms with Crippen LogP contribution < -0.4 is 10.1 Å². The molecule has 1 aromatic rings. The Balaban J connectivity index is 2.33. The Labute approximate surface area is 63.2 Å². The molecule has 0 radical (unpaired) electrons. The number of rotatable bonds is 1. The number of pyridine rings is 1. The monoisotopic (exact) mass is 150 g/mol. The number of hydrogen-bond acceptors (Lipinski definition) is 4. The van der Waals surface area contributed by atoms with Crippen LogP contribution in [0.5, 0.6) is 5.75 Å². The molecule has 1 aliphatic rings. The maximum atomic E-state index is 10.3. The maximum absolute atomic E-state index is 10.3. The van der Waals surface area contributed by atoms with Crippen LogP contribution in [0.25, 0.3) is 0 Å². The van der Waals surface area contributed by atoms with Crippen molar-refractivity contribution in [3.8, 4) is 5.75 Å². The zero-order chi connectivity index (χ0) is 7.68. The molecule has 1 aliphatic heterocycles. The summed E-state index contributed by atoms with van der Waals surface area (Å²) in [7, 11) is 0. The highest BCUT2D eigenvalue weighted by atomic mass is 16.5. The average Bonchev–Trinajstić information content (AvgIpc) is 2.46. The van der Waals surface area contributed by atoms with Gasteiger partial charge in [0.05, 0.1) is 0 Å². The van der Waals surface area contributed by atoms with Crippen LogP contribution in [0.1, 0.15) is 0 Å². The predicted octanol–water partition coefficient (Wildman–Crippen LogP) is 0.411. The summed E-state index contributed by atoms with van der Waals surface area (Å²) in [5.41, 5.74) is 0. The molecule has 0 spiro atoms. The fourth-order valence-corrected chi connectivity index (χ4v) is 0.957. The first-order chi connectivity index (χ1) is 5.40. The van der Waals surface area contributed by atoms with Gasteiger partial charge in [-0.25, -0.2) is 4.98 Å². The molecule has 56 valence electrons. The van der Waals surface area contributed by atoms with E-state index >= 15 is 0 Å². The molecule has 0 amide bonds. The quantitative estimate of drug-likeness (QED) is 0.589. The largest absolute Gasteiger partial charge is 0.460 e. The summed E-state index contributed by atoms with van der Waals surface area (Å²) in [6.45, 7) is 0. The molecule has 1 unspecified atom stereocenters. The first kappa shape index (κ1) is 6.15. The Morgan fingerprint density at radius 3 is 3.36 bits per heavy atom. The third-order valence-electron chi connectivity index (χ3n) is 1.43. The Hall–Kier alpha value is -1.58. The number of nitrogens with one attached hydrogen (secondary N) is 1. The van der Waals surface area contributed by atoms with Crippen LogP contribution in [-0.2, 0) is 4.79 Å². The van der Waals surface area contributed by atoms with Crippen LogP contribution in [0.2, 0.25) is 0 Å². The smallest absolute Gasteiger partial charge is 0.227 e. The summed E-state index contributed by atoms with van der Waals surface area (Å²) in [4.78, 5) is 14.2. The summed E-state index contributed by atoms with van der Waals surface area (Å²) < 4.78 is 5.11. The van der Waals surface area contributed by atoms with E-state index in [1.54, 1.807) is 18.3 Å². The van der Waals surface area contributed by atoms with Gasteiger partial charge in [0.1, 0.15) is 0 Å². The van der Waals surface area contributed by atoms with Crippen molar-refractivity contribution in [1.29, 1.82) is 0 Å². The van der Waals surface area contributed by atoms with Gasteiger partial charge in [0.15, 0.2) is 17.9 Å². The zero-order valence-corrected chi connectivity index (χ0v) is 5.65. The van der Waals surface area contributed by atoms with E-state index in [4.69, 9.17) is 4.74 Å². The molecule has 0 aromatic carbocycles. The van der Waals surface area contributed by atoms with Gasteiger partial charge >= 0.3 is 0 Å². The Bertz CT molecular complexity index is 263. The highest BCUT2D eigenvalue weighted by Crippen LogP contribution is 2.27. The van der Waals surface area contributed by atoms with E-state index in [9.17, 15) is 4.79 Å². The molecular formula is C7H6N2O2. The van der Waals surface area contributed by atoms with Gasteiger partial charge in [-0.1, -0.05) is 0 Å². The van der Waals surface area contributed by atoms with Gasteiger partial charge in [-0.3, -0.25) is 4.79 Å². The molecule has 0 saturated carbocycles. The van der Waals surface area contributed by atoms with Gasteiger partial charge in [0, 0.05) is 6.20 Å². The molecule has 4 nitrogen and oxygen atoms in total. The second-order valence-corrected chi connectivity index (χ2v) is 2.17. The lowest BCUT2D eigenvalue weighted by atomic mass is 10.4. The van der Waals surface area contributed by atoms with Crippen molar-refractivity contribution in [2.24, 2.45) is 0 Å². The van der Waals surface area contributed by atoms with E-state index in [0.717, 1.165) is 0 Å². The molecular weight excluding hydrogens is 144 g/mol. The summed E-state index contributed by atoms with van der Waals surface area (Å²) >= 11 is 0. The Kier molecular flexibility index (Phi) is 1.25. The fraction of sp³-hybridized carbons (Fsp3) is 0.143. The first-order valence-corrected chi connectivity index (χ1v) is 3.23. The number of hydrogen-bond donors (Lipinski definition) is 1. The van der Waals surface area contributed by atoms with Crippen molar-refractivity contribution in [1.82, 2.24) is 4.98 Å². The number of fused-ring (bicyclic) bond motifs is 1. The van der Waals surface area contributed by atoms with Gasteiger partial charge in [-0.2, -0.15) is 0 Å². The minimum absolute atomic E-state index is 0.570. The van der Waals surface area contributed by atoms with Crippen molar-refractivity contribution < 1.29 is 9.53 Å². The van der Waals surface area contributed by atoms with Crippen molar-refractivity contribution in [3.63, 3.8) is 0 Å². The van der Waals surface area contributed by atoms with Crippen molar-refractivity contribution >= 4 is 12.1 Å². The second-order valence-electron chi connectivity index (χ2n) is 2.17. The number of aromatic nitrogens is 1. The Morgan fingerprint density at radius 1 is 1.73 bits per heavy atom. The molecule has 0 saturated heterocycles. The molecule has 0 aliphatic carbocycles. The number of anilines is 1. The lowest BCUT2D eigenvalue weighted by Crippen LogP contribution is -2.21. The van der Waals surface area contributed by atoms with Crippen molar-refractivity contribution in [3.05, 3.63) is 18.3 Å². The second kappa shape index (κ2) is 2.23. The third kappa shape index (κ3) is 0.920. The number of aldehydes is 1. The summed E-state index contributed by atoms with van der Waals surface area (Å²) in [5, 5.41) is 2.78. The maximum Gasteiger partial charge on any atom is 0.227 e. The SMILES string of the molecule is O=CC1Nc2ncccc2O1. The molecule has 1 atom stereocenters. The van der Waals surface area contributed by atoms with Gasteiger partial charge in [-0.15, -0.1) is 0 Å². The highest BCUT2D eigenvalue weighted by molar-refractivity contribution is 5.68. The van der Waals surface area contributed by atoms with Gasteiger partial charge in [0.2, 0.25) is 6.23 Å². The summed E-state index contributed by atoms with van der Waals surface area (Å²) in [6.07, 6.45) is 1.77. The van der Waals surface area contributed by atoms with Crippen LogP contribution in [0.3, 0.4) is 0 Å². The molecule has 2 heterocycles. The lowest BCUT2D eigenvalue weighted by Gasteiger charge is -1.98. The number of carbonyl (C=O) groups is 1. The minimum Gasteiger partial charge on any atom is -0.460 e. The zero-order valence-electron chi connectivity index (χ0n) is 5.65. The molecule has 1 N–H and O–H groups in total. The molecule has 0 fully saturated rings. The predicted molar refractivity (Wildman–Crippen MR) is 38.3 cm³/mol. The minimum atomic E-state index is -0.570. The van der Waals surface area contributed by atoms with Crippen molar-refractivity contribution in [2.45, 2.75) is 6.23 Å². The fourth-order valence-electron chi connectivity index (χ4n) is 0.957. The van der Waals surface area contributed by atoms with E-state index in [1.165, 1.54) is 0 Å². The molecule has 4 heteroatoms. The van der Waals surface area contributed by atoms with E-state index < -0.39 is 6.23 Å². The average molecular weight is 150 g/mol. The van der Waals surface area contributed by atoms with Crippen molar-refractivity contribution in [2.75, 3.05) is 5.32 Å². The molecule has 2 rings (SSSR count). The molecule has 1 aromatic heterocycles. The standard InChI is InChI=1S/C7H6N2O2/c10-4-6-9-7-5(11-6)2-1-3-8-7/h1-4,6H,(H,8,9). The van der Waals surface area contributed by atoms with Crippen LogP contribution in [0, 0.1) is 0 Å². The van der Waals surface area contributed by atoms with Gasteiger partial charge < -0.3 is 10.1 Å². The van der Waals surface area contributed by atoms with Crippen LogP contribution >= 0.6 is 0 Å². The summed E-state index contributed by atoms with van der Waals surface area (Å²) in [6, 6.07) is 3.52. The lowest BCUT2D eigenvalue weighted by molar-refractivity contribution is -0.112. The first-order valence-electron chi connectivity index (χ1n) is 3.23. The molecule has 11 heavy (non-hydrogen) atoms. The Morgan fingerprint density at radius 2 is 2.64 bits per heavy atom. The van der Waals surface area contributed by atoms with Gasteiger partial charge in [-0.05, 0) is 12.1 Å². The van der Waals surface area contributed by atoms with Crippen LogP contribution in [0.4, 0.5) is 5.82 Å².